The van der Waals surface area contributed by atoms with Crippen molar-refractivity contribution in [2.24, 2.45) is 5.14 Å². The molecule has 0 spiro atoms. The third kappa shape index (κ3) is 3.19. The van der Waals surface area contributed by atoms with E-state index < -0.39 is 27.7 Å². The quantitative estimate of drug-likeness (QED) is 0.626. The molecule has 2 aromatic carbocycles. The highest BCUT2D eigenvalue weighted by molar-refractivity contribution is 7.98. The van der Waals surface area contributed by atoms with Crippen LogP contribution in [-0.2, 0) is 22.0 Å². The van der Waals surface area contributed by atoms with Crippen LogP contribution in [0.15, 0.2) is 52.3 Å². The van der Waals surface area contributed by atoms with Gasteiger partial charge in [-0.25, -0.2) is 22.6 Å². The largest absolute Gasteiger partial charge is 0.436 e. The number of alkyl halides is 3. The zero-order chi connectivity index (χ0) is 20.3. The van der Waals surface area contributed by atoms with E-state index in [9.17, 15) is 26.0 Å². The number of benzene rings is 2. The molecule has 4 rings (SSSR count). The van der Waals surface area contributed by atoms with E-state index in [0.29, 0.717) is 11.1 Å². The number of sulfonamides is 1. The van der Waals surface area contributed by atoms with E-state index in [2.05, 4.69) is 5.10 Å². The number of nitrogens with zero attached hydrogens (tertiary/aromatic N) is 2. The van der Waals surface area contributed by atoms with Crippen molar-refractivity contribution in [3.8, 4) is 16.9 Å². The van der Waals surface area contributed by atoms with Gasteiger partial charge in [-0.15, -0.1) is 11.8 Å². The first-order chi connectivity index (χ1) is 13.1. The number of halogens is 4. The number of primary sulfonamides is 1. The van der Waals surface area contributed by atoms with E-state index in [-0.39, 0.29) is 26.9 Å². The van der Waals surface area contributed by atoms with Crippen molar-refractivity contribution < 1.29 is 26.0 Å². The second-order valence-electron chi connectivity index (χ2n) is 6.06. The van der Waals surface area contributed by atoms with Gasteiger partial charge < -0.3 is 0 Å². The van der Waals surface area contributed by atoms with Crippen LogP contribution in [0.1, 0.15) is 11.3 Å². The van der Waals surface area contributed by atoms with E-state index in [4.69, 9.17) is 5.14 Å². The summed E-state index contributed by atoms with van der Waals surface area (Å²) in [4.78, 5) is -0.282. The molecule has 0 atom stereocenters. The predicted molar refractivity (Wildman–Crippen MR) is 94.9 cm³/mol. The normalized spacial score (nSPS) is 13.9. The zero-order valence-electron chi connectivity index (χ0n) is 13.9. The minimum absolute atomic E-state index is 0.0962. The molecular formula is C17H11F4N3O2S2. The zero-order valence-corrected chi connectivity index (χ0v) is 15.5. The summed E-state index contributed by atoms with van der Waals surface area (Å²) in [6, 6.07) is 8.89. The van der Waals surface area contributed by atoms with E-state index >= 15 is 0 Å². The molecule has 0 bridgehead atoms. The maximum absolute atomic E-state index is 13.8. The molecule has 1 aliphatic heterocycles. The number of hydrogen-bond donors (Lipinski definition) is 1. The molecule has 0 saturated carbocycles. The average Bonchev–Trinajstić information content (AvgIpc) is 3.01. The van der Waals surface area contributed by atoms with Crippen LogP contribution in [-0.4, -0.2) is 18.2 Å². The third-order valence-corrected chi connectivity index (χ3v) is 6.28. The summed E-state index contributed by atoms with van der Waals surface area (Å²) in [5.41, 5.74) is 0.221. The summed E-state index contributed by atoms with van der Waals surface area (Å²) in [5.74, 6) is -0.329. The molecule has 0 fully saturated rings. The smallest absolute Gasteiger partial charge is 0.231 e. The van der Waals surface area contributed by atoms with Crippen LogP contribution in [0.3, 0.4) is 0 Å². The first kappa shape index (κ1) is 19.0. The van der Waals surface area contributed by atoms with E-state index in [1.165, 1.54) is 42.5 Å². The molecule has 3 aromatic rings. The first-order valence-electron chi connectivity index (χ1n) is 7.81. The Morgan fingerprint density at radius 2 is 1.79 bits per heavy atom. The fourth-order valence-corrected chi connectivity index (χ4v) is 4.66. The summed E-state index contributed by atoms with van der Waals surface area (Å²) >= 11 is 0.972. The summed E-state index contributed by atoms with van der Waals surface area (Å²) in [6.07, 6.45) is -4.70. The maximum Gasteiger partial charge on any atom is 0.436 e. The lowest BCUT2D eigenvalue weighted by Crippen LogP contribution is -2.12. The fourth-order valence-electron chi connectivity index (χ4n) is 2.97. The van der Waals surface area contributed by atoms with Gasteiger partial charge in [0.15, 0.2) is 5.69 Å². The molecule has 0 aliphatic carbocycles. The van der Waals surface area contributed by atoms with Gasteiger partial charge in [0, 0.05) is 11.3 Å². The first-order valence-corrected chi connectivity index (χ1v) is 10.3. The highest BCUT2D eigenvalue weighted by Crippen LogP contribution is 2.48. The van der Waals surface area contributed by atoms with Crippen molar-refractivity contribution in [1.82, 2.24) is 9.78 Å². The molecule has 2 N–H and O–H groups in total. The molecule has 5 nitrogen and oxygen atoms in total. The van der Waals surface area contributed by atoms with Crippen molar-refractivity contribution in [2.75, 3.05) is 0 Å². The van der Waals surface area contributed by atoms with Crippen LogP contribution in [0.2, 0.25) is 0 Å². The minimum atomic E-state index is -4.70. The van der Waals surface area contributed by atoms with Gasteiger partial charge in [-0.05, 0) is 42.0 Å². The second kappa shape index (κ2) is 6.33. The highest BCUT2D eigenvalue weighted by Gasteiger charge is 2.41. The summed E-state index contributed by atoms with van der Waals surface area (Å²) < 4.78 is 78.2. The molecule has 0 unspecified atom stereocenters. The van der Waals surface area contributed by atoms with Crippen LogP contribution < -0.4 is 5.14 Å². The molecule has 2 heterocycles. The summed E-state index contributed by atoms with van der Waals surface area (Å²) in [5, 5.41) is 8.77. The number of nitrogens with two attached hydrogens (primary N) is 1. The Kier molecular flexibility index (Phi) is 4.28. The lowest BCUT2D eigenvalue weighted by Gasteiger charge is -2.18. The molecule has 1 aliphatic rings. The van der Waals surface area contributed by atoms with Gasteiger partial charge in [0.2, 0.25) is 10.0 Å². The molecule has 28 heavy (non-hydrogen) atoms. The molecule has 146 valence electrons. The van der Waals surface area contributed by atoms with Crippen LogP contribution in [0.5, 0.6) is 0 Å². The Morgan fingerprint density at radius 1 is 1.11 bits per heavy atom. The predicted octanol–water partition coefficient (Wildman–Crippen LogP) is 3.95. The van der Waals surface area contributed by atoms with Gasteiger partial charge in [-0.1, -0.05) is 6.07 Å². The Labute approximate surface area is 161 Å². The number of fused-ring (bicyclic) bond motifs is 3. The maximum atomic E-state index is 13.8. The molecule has 0 saturated heterocycles. The lowest BCUT2D eigenvalue weighted by molar-refractivity contribution is -0.143. The van der Waals surface area contributed by atoms with Gasteiger partial charge in [0.05, 0.1) is 21.2 Å². The monoisotopic (exact) mass is 429 g/mol. The lowest BCUT2D eigenvalue weighted by atomic mass is 10.0. The standard InChI is InChI=1S/C17H11F4N3O2S2/c18-10-2-1-9-8-27-15-14(13(9)7-10)24(23-16(15)17(19,20)21)11-3-5-12(6-4-11)28(22,25)26/h1-7H,8H2,(H2,22,25,26). The molecular weight excluding hydrogens is 418 g/mol. The van der Waals surface area contributed by atoms with Crippen molar-refractivity contribution >= 4 is 21.8 Å². The fraction of sp³-hybridized carbons (Fsp3) is 0.118. The minimum Gasteiger partial charge on any atom is -0.231 e. The van der Waals surface area contributed by atoms with Gasteiger partial charge in [0.1, 0.15) is 5.82 Å². The topological polar surface area (TPSA) is 78.0 Å². The number of aromatic nitrogens is 2. The van der Waals surface area contributed by atoms with E-state index in [1.807, 2.05) is 0 Å². The van der Waals surface area contributed by atoms with Crippen LogP contribution >= 0.6 is 11.8 Å². The third-order valence-electron chi connectivity index (χ3n) is 4.22. The van der Waals surface area contributed by atoms with E-state index in [1.54, 1.807) is 0 Å². The highest BCUT2D eigenvalue weighted by atomic mass is 32.2. The van der Waals surface area contributed by atoms with Gasteiger partial charge >= 0.3 is 6.18 Å². The Hall–Kier alpha value is -2.37. The molecule has 1 aromatic heterocycles. The van der Waals surface area contributed by atoms with Crippen LogP contribution in [0.25, 0.3) is 16.9 Å². The van der Waals surface area contributed by atoms with Gasteiger partial charge in [-0.3, -0.25) is 0 Å². The second-order valence-corrected chi connectivity index (χ2v) is 8.61. The Morgan fingerprint density at radius 3 is 2.39 bits per heavy atom. The van der Waals surface area contributed by atoms with Gasteiger partial charge in [-0.2, -0.15) is 18.3 Å². The number of hydrogen-bond acceptors (Lipinski definition) is 4. The Bertz CT molecular complexity index is 1190. The molecule has 0 radical (unpaired) electrons. The van der Waals surface area contributed by atoms with Crippen LogP contribution in [0, 0.1) is 5.82 Å². The number of thioether (sulfide) groups is 1. The van der Waals surface area contributed by atoms with Gasteiger partial charge in [0.25, 0.3) is 0 Å². The molecule has 0 amide bonds. The van der Waals surface area contributed by atoms with Crippen molar-refractivity contribution in [3.63, 3.8) is 0 Å². The summed E-state index contributed by atoms with van der Waals surface area (Å²) in [6.45, 7) is 0. The van der Waals surface area contributed by atoms with Crippen molar-refractivity contribution in [3.05, 3.63) is 59.5 Å². The SMILES string of the molecule is NS(=O)(=O)c1ccc(-n2nc(C(F)(F)F)c3c2-c2cc(F)ccc2CS3)cc1. The van der Waals surface area contributed by atoms with Crippen LogP contribution in [0.4, 0.5) is 17.6 Å². The van der Waals surface area contributed by atoms with E-state index in [0.717, 1.165) is 16.4 Å². The van der Waals surface area contributed by atoms with Crippen molar-refractivity contribution in [1.29, 1.82) is 0 Å². The average molecular weight is 429 g/mol. The molecule has 11 heteroatoms. The number of rotatable bonds is 2. The van der Waals surface area contributed by atoms with Crippen molar-refractivity contribution in [2.45, 2.75) is 21.7 Å². The summed E-state index contributed by atoms with van der Waals surface area (Å²) in [7, 11) is -3.95. The Balaban J connectivity index is 1.98.